The molecule has 108 valence electrons. The summed E-state index contributed by atoms with van der Waals surface area (Å²) >= 11 is 0. The number of rotatable bonds is 5. The zero-order chi connectivity index (χ0) is 13.8. The van der Waals surface area contributed by atoms with Gasteiger partial charge in [-0.25, -0.2) is 0 Å². The molecule has 0 radical (unpaired) electrons. The topological polar surface area (TPSA) is 55.3 Å². The van der Waals surface area contributed by atoms with Crippen molar-refractivity contribution in [3.63, 3.8) is 0 Å². The van der Waals surface area contributed by atoms with E-state index in [0.29, 0.717) is 24.0 Å². The number of hydrogen-bond acceptors (Lipinski definition) is 5. The zero-order valence-electron chi connectivity index (χ0n) is 11.9. The molecule has 0 atom stereocenters. The van der Waals surface area contributed by atoms with Crippen LogP contribution in [0.4, 0.5) is 0 Å². The first kappa shape index (κ1) is 13.4. The molecule has 2 aromatic heterocycles. The summed E-state index contributed by atoms with van der Waals surface area (Å²) in [5.41, 5.74) is 0. The van der Waals surface area contributed by atoms with Crippen molar-refractivity contribution in [2.45, 2.75) is 38.6 Å². The predicted octanol–water partition coefficient (Wildman–Crippen LogP) is 3.34. The molecule has 5 heteroatoms. The monoisotopic (exact) mass is 275 g/mol. The van der Waals surface area contributed by atoms with Crippen molar-refractivity contribution < 1.29 is 8.94 Å². The highest BCUT2D eigenvalue weighted by Gasteiger charge is 2.17. The first-order valence-electron chi connectivity index (χ1n) is 7.36. The van der Waals surface area contributed by atoms with Crippen LogP contribution >= 0.6 is 0 Å². The van der Waals surface area contributed by atoms with Gasteiger partial charge in [0.05, 0.1) is 12.8 Å². The van der Waals surface area contributed by atoms with Crippen LogP contribution in [-0.2, 0) is 6.54 Å². The summed E-state index contributed by atoms with van der Waals surface area (Å²) in [5, 5.41) is 3.95. The SMILES string of the molecule is CN(Cc1nc(-c2ccco2)no1)CC1CCCCC1. The molecule has 3 rings (SSSR count). The van der Waals surface area contributed by atoms with Crippen molar-refractivity contribution in [2.75, 3.05) is 13.6 Å². The molecule has 0 spiro atoms. The summed E-state index contributed by atoms with van der Waals surface area (Å²) in [6, 6.07) is 3.65. The molecular weight excluding hydrogens is 254 g/mol. The Bertz CT molecular complexity index is 515. The normalized spacial score (nSPS) is 16.9. The van der Waals surface area contributed by atoms with Crippen LogP contribution in [0.3, 0.4) is 0 Å². The largest absolute Gasteiger partial charge is 0.461 e. The minimum Gasteiger partial charge on any atom is -0.461 e. The van der Waals surface area contributed by atoms with E-state index in [1.807, 2.05) is 12.1 Å². The molecule has 1 fully saturated rings. The van der Waals surface area contributed by atoms with E-state index in [2.05, 4.69) is 22.1 Å². The third kappa shape index (κ3) is 3.28. The second-order valence-corrected chi connectivity index (χ2v) is 5.69. The van der Waals surface area contributed by atoms with Crippen molar-refractivity contribution >= 4 is 0 Å². The second-order valence-electron chi connectivity index (χ2n) is 5.69. The Morgan fingerprint density at radius 1 is 1.30 bits per heavy atom. The Labute approximate surface area is 119 Å². The maximum absolute atomic E-state index is 5.29. The van der Waals surface area contributed by atoms with E-state index < -0.39 is 0 Å². The van der Waals surface area contributed by atoms with Crippen LogP contribution in [0.2, 0.25) is 0 Å². The first-order chi connectivity index (χ1) is 9.81. The third-order valence-corrected chi connectivity index (χ3v) is 3.91. The molecule has 5 nitrogen and oxygen atoms in total. The highest BCUT2D eigenvalue weighted by Crippen LogP contribution is 2.24. The maximum Gasteiger partial charge on any atom is 0.241 e. The summed E-state index contributed by atoms with van der Waals surface area (Å²) in [5.74, 6) is 2.64. The second kappa shape index (κ2) is 6.22. The predicted molar refractivity (Wildman–Crippen MR) is 74.9 cm³/mol. The van der Waals surface area contributed by atoms with Gasteiger partial charge in [-0.2, -0.15) is 4.98 Å². The van der Waals surface area contributed by atoms with Gasteiger partial charge in [-0.3, -0.25) is 4.90 Å². The van der Waals surface area contributed by atoms with Crippen LogP contribution in [0.25, 0.3) is 11.6 Å². The van der Waals surface area contributed by atoms with Crippen molar-refractivity contribution in [2.24, 2.45) is 5.92 Å². The summed E-state index contributed by atoms with van der Waals surface area (Å²) in [6.07, 6.45) is 8.47. The van der Waals surface area contributed by atoms with Crippen molar-refractivity contribution in [3.8, 4) is 11.6 Å². The van der Waals surface area contributed by atoms with Crippen molar-refractivity contribution in [1.82, 2.24) is 15.0 Å². The molecule has 0 aromatic carbocycles. The van der Waals surface area contributed by atoms with Gasteiger partial charge in [0.15, 0.2) is 5.76 Å². The van der Waals surface area contributed by atoms with Crippen LogP contribution in [-0.4, -0.2) is 28.6 Å². The van der Waals surface area contributed by atoms with E-state index in [1.165, 1.54) is 32.1 Å². The van der Waals surface area contributed by atoms with Gasteiger partial charge < -0.3 is 8.94 Å². The maximum atomic E-state index is 5.29. The van der Waals surface area contributed by atoms with Crippen molar-refractivity contribution in [3.05, 3.63) is 24.3 Å². The van der Waals surface area contributed by atoms with Gasteiger partial charge in [0.2, 0.25) is 11.7 Å². The van der Waals surface area contributed by atoms with Gasteiger partial charge in [0, 0.05) is 6.54 Å². The molecule has 0 bridgehead atoms. The Kier molecular flexibility index (Phi) is 4.16. The number of nitrogens with zero attached hydrogens (tertiary/aromatic N) is 3. The van der Waals surface area contributed by atoms with Gasteiger partial charge in [-0.15, -0.1) is 0 Å². The molecule has 0 saturated heterocycles. The molecule has 1 saturated carbocycles. The molecular formula is C15H21N3O2. The van der Waals surface area contributed by atoms with Crippen molar-refractivity contribution in [1.29, 1.82) is 0 Å². The van der Waals surface area contributed by atoms with E-state index in [-0.39, 0.29) is 0 Å². The molecule has 0 N–H and O–H groups in total. The Balaban J connectivity index is 1.54. The molecule has 0 unspecified atom stereocenters. The Morgan fingerprint density at radius 3 is 2.90 bits per heavy atom. The summed E-state index contributed by atoms with van der Waals surface area (Å²) in [7, 11) is 2.12. The molecule has 1 aliphatic rings. The smallest absolute Gasteiger partial charge is 0.241 e. The number of furan rings is 1. The van der Waals surface area contributed by atoms with Gasteiger partial charge in [-0.05, 0) is 37.9 Å². The molecule has 0 aliphatic heterocycles. The lowest BCUT2D eigenvalue weighted by Gasteiger charge is -2.26. The molecule has 0 amide bonds. The Morgan fingerprint density at radius 2 is 2.15 bits per heavy atom. The van der Waals surface area contributed by atoms with Gasteiger partial charge in [0.1, 0.15) is 0 Å². The lowest BCUT2D eigenvalue weighted by Crippen LogP contribution is -2.26. The fraction of sp³-hybridized carbons (Fsp3) is 0.600. The van der Waals surface area contributed by atoms with E-state index in [4.69, 9.17) is 8.94 Å². The molecule has 20 heavy (non-hydrogen) atoms. The molecule has 1 aliphatic carbocycles. The number of hydrogen-bond donors (Lipinski definition) is 0. The molecule has 2 heterocycles. The number of aromatic nitrogens is 2. The van der Waals surface area contributed by atoms with Crippen LogP contribution in [0.1, 0.15) is 38.0 Å². The fourth-order valence-corrected chi connectivity index (χ4v) is 2.93. The van der Waals surface area contributed by atoms with Crippen LogP contribution < -0.4 is 0 Å². The molecule has 2 aromatic rings. The highest BCUT2D eigenvalue weighted by atomic mass is 16.5. The standard InChI is InChI=1S/C15H21N3O2/c1-18(10-12-6-3-2-4-7-12)11-14-16-15(17-20-14)13-8-5-9-19-13/h5,8-9,12H,2-4,6-7,10-11H2,1H3. The summed E-state index contributed by atoms with van der Waals surface area (Å²) < 4.78 is 10.5. The van der Waals surface area contributed by atoms with Gasteiger partial charge in [-0.1, -0.05) is 24.4 Å². The average Bonchev–Trinajstić information content (AvgIpc) is 3.10. The fourth-order valence-electron chi connectivity index (χ4n) is 2.93. The average molecular weight is 275 g/mol. The minimum absolute atomic E-state index is 0.524. The quantitative estimate of drug-likeness (QED) is 0.837. The third-order valence-electron chi connectivity index (χ3n) is 3.91. The van der Waals surface area contributed by atoms with E-state index in [1.54, 1.807) is 6.26 Å². The van der Waals surface area contributed by atoms with Crippen LogP contribution in [0.15, 0.2) is 27.3 Å². The highest BCUT2D eigenvalue weighted by molar-refractivity contribution is 5.44. The summed E-state index contributed by atoms with van der Waals surface area (Å²) in [6.45, 7) is 1.81. The zero-order valence-corrected chi connectivity index (χ0v) is 11.9. The van der Waals surface area contributed by atoms with E-state index in [9.17, 15) is 0 Å². The van der Waals surface area contributed by atoms with Gasteiger partial charge >= 0.3 is 0 Å². The van der Waals surface area contributed by atoms with Crippen LogP contribution in [0.5, 0.6) is 0 Å². The van der Waals surface area contributed by atoms with E-state index >= 15 is 0 Å². The minimum atomic E-state index is 0.524. The summed E-state index contributed by atoms with van der Waals surface area (Å²) in [4.78, 5) is 6.65. The Hall–Kier alpha value is -1.62. The lowest BCUT2D eigenvalue weighted by atomic mass is 9.89. The first-order valence-corrected chi connectivity index (χ1v) is 7.36. The van der Waals surface area contributed by atoms with E-state index in [0.717, 1.165) is 12.5 Å². The van der Waals surface area contributed by atoms with Crippen LogP contribution in [0, 0.1) is 5.92 Å². The lowest BCUT2D eigenvalue weighted by molar-refractivity contribution is 0.206. The van der Waals surface area contributed by atoms with Gasteiger partial charge in [0.25, 0.3) is 0 Å².